The van der Waals surface area contributed by atoms with Crippen LogP contribution in [0.15, 0.2) is 0 Å². The maximum absolute atomic E-state index is 2.64. The summed E-state index contributed by atoms with van der Waals surface area (Å²) in [5, 5.41) is 0. The zero-order chi connectivity index (χ0) is 6.53. The summed E-state index contributed by atoms with van der Waals surface area (Å²) in [4.78, 5) is 0. The molecule has 0 aromatic rings. The van der Waals surface area contributed by atoms with Crippen molar-refractivity contribution in [1.29, 1.82) is 0 Å². The molecule has 2 heteroatoms. The SMILES string of the molecule is [I][Po][CH2]CC1CCCC1. The van der Waals surface area contributed by atoms with Crippen molar-refractivity contribution in [1.82, 2.24) is 0 Å². The van der Waals surface area contributed by atoms with Gasteiger partial charge in [-0.05, 0) is 0 Å². The molecule has 1 rings (SSSR count). The van der Waals surface area contributed by atoms with Gasteiger partial charge in [-0.25, -0.2) is 0 Å². The van der Waals surface area contributed by atoms with Crippen molar-refractivity contribution < 1.29 is 0 Å². The average Bonchev–Trinajstić information content (AvgIpc) is 2.34. The first-order valence-electron chi connectivity index (χ1n) is 3.67. The van der Waals surface area contributed by atoms with E-state index in [0.717, 1.165) is 5.92 Å². The molecular weight excluding hydrogens is 420 g/mol. The van der Waals surface area contributed by atoms with E-state index in [1.54, 1.807) is 23.3 Å². The van der Waals surface area contributed by atoms with Crippen LogP contribution < -0.4 is 0 Å². The third-order valence-electron chi connectivity index (χ3n) is 2.08. The molecular formula is C7H13IPo. The molecule has 0 heterocycles. The van der Waals surface area contributed by atoms with Gasteiger partial charge in [0.15, 0.2) is 0 Å². The summed E-state index contributed by atoms with van der Waals surface area (Å²) in [5.41, 5.74) is 0. The molecule has 1 saturated carbocycles. The predicted molar refractivity (Wildman–Crippen MR) is 51.2 cm³/mol. The number of rotatable bonds is 3. The predicted octanol–water partition coefficient (Wildman–Crippen LogP) is 3.04. The van der Waals surface area contributed by atoms with E-state index in [0.29, 0.717) is 0 Å². The second-order valence-electron chi connectivity index (χ2n) is 2.75. The Labute approximate surface area is 78.6 Å². The topological polar surface area (TPSA) is 0 Å². The molecule has 1 aliphatic carbocycles. The van der Waals surface area contributed by atoms with E-state index < -0.39 is 0 Å². The molecule has 0 aromatic heterocycles. The molecule has 0 unspecified atom stereocenters. The zero-order valence-corrected chi connectivity index (χ0v) is 10.9. The van der Waals surface area contributed by atoms with Crippen LogP contribution in [0.25, 0.3) is 0 Å². The van der Waals surface area contributed by atoms with Crippen molar-refractivity contribution in [3.05, 3.63) is 0 Å². The number of halogens is 1. The molecule has 0 bridgehead atoms. The molecule has 1 fully saturated rings. The fourth-order valence-corrected chi connectivity index (χ4v) is 5.38. The van der Waals surface area contributed by atoms with Crippen LogP contribution in [0.3, 0.4) is 0 Å². The average molecular weight is 433 g/mol. The van der Waals surface area contributed by atoms with Crippen LogP contribution in [0.2, 0.25) is 4.08 Å². The summed E-state index contributed by atoms with van der Waals surface area (Å²) < 4.78 is 1.62. The first-order valence-corrected chi connectivity index (χ1v) is 14.8. The third kappa shape index (κ3) is 3.51. The Morgan fingerprint density at radius 3 is 2.56 bits per heavy atom. The molecule has 9 heavy (non-hydrogen) atoms. The van der Waals surface area contributed by atoms with Crippen LogP contribution in [-0.2, 0) is 0 Å². The van der Waals surface area contributed by atoms with Gasteiger partial charge in [-0.15, -0.1) is 0 Å². The summed E-state index contributed by atoms with van der Waals surface area (Å²) >= 11 is 2.79. The second-order valence-corrected chi connectivity index (χ2v) is 10.7. The Morgan fingerprint density at radius 1 is 1.33 bits per heavy atom. The molecule has 0 atom stereocenters. The summed E-state index contributed by atoms with van der Waals surface area (Å²) in [6.07, 6.45) is 7.73. The minimum absolute atomic E-state index is 0.149. The quantitative estimate of drug-likeness (QED) is 0.601. The van der Waals surface area contributed by atoms with Crippen LogP contribution in [0, 0.1) is 5.92 Å². The van der Waals surface area contributed by atoms with Crippen LogP contribution >= 0.6 is 18.0 Å². The Hall–Kier alpha value is 1.63. The normalized spacial score (nSPS) is 21.0. The Kier molecular flexibility index (Phi) is 5.13. The van der Waals surface area contributed by atoms with Crippen molar-refractivity contribution in [2.24, 2.45) is 5.92 Å². The van der Waals surface area contributed by atoms with Crippen molar-refractivity contribution >= 4 is 37.3 Å². The first-order chi connectivity index (χ1) is 4.43. The Morgan fingerprint density at radius 2 is 2.00 bits per heavy atom. The molecule has 0 saturated heterocycles. The van der Waals surface area contributed by atoms with Gasteiger partial charge < -0.3 is 0 Å². The molecule has 0 amide bonds. The Bertz CT molecular complexity index is 69.3. The van der Waals surface area contributed by atoms with Gasteiger partial charge in [0, 0.05) is 0 Å². The maximum atomic E-state index is 2.64. The van der Waals surface area contributed by atoms with Crippen molar-refractivity contribution in [3.63, 3.8) is 0 Å². The third-order valence-corrected chi connectivity index (χ3v) is 7.46. The van der Waals surface area contributed by atoms with Gasteiger partial charge in [0.25, 0.3) is 0 Å². The number of hydrogen-bond donors (Lipinski definition) is 0. The zero-order valence-electron chi connectivity index (χ0n) is 5.61. The molecule has 1 aliphatic rings. The fraction of sp³-hybridized carbons (Fsp3) is 1.00. The minimum atomic E-state index is 0.149. The standard InChI is InChI=1S/C7H13.HI.Po/c1-2-7-5-3-4-6-7;;/h7H,1-6H2;1H;/q;;+1/p-1. The molecule has 54 valence electrons. The van der Waals surface area contributed by atoms with Crippen LogP contribution in [-0.4, -0.2) is 19.3 Å². The van der Waals surface area contributed by atoms with Crippen molar-refractivity contribution in [3.8, 4) is 0 Å². The first kappa shape index (κ1) is 8.72. The number of hydrogen-bond acceptors (Lipinski definition) is 0. The Balaban J connectivity index is 1.98. The molecule has 0 N–H and O–H groups in total. The van der Waals surface area contributed by atoms with E-state index in [1.807, 2.05) is 0 Å². The van der Waals surface area contributed by atoms with Crippen molar-refractivity contribution in [2.45, 2.75) is 36.2 Å². The van der Waals surface area contributed by atoms with E-state index in [2.05, 4.69) is 18.0 Å². The van der Waals surface area contributed by atoms with E-state index in [4.69, 9.17) is 0 Å². The fourth-order valence-electron chi connectivity index (χ4n) is 1.51. The van der Waals surface area contributed by atoms with Gasteiger partial charge in [-0.3, -0.25) is 0 Å². The van der Waals surface area contributed by atoms with E-state index in [-0.39, 0.29) is 19.3 Å². The van der Waals surface area contributed by atoms with E-state index in [9.17, 15) is 0 Å². The van der Waals surface area contributed by atoms with Crippen molar-refractivity contribution in [2.75, 3.05) is 0 Å². The molecule has 0 spiro atoms. The van der Waals surface area contributed by atoms with Crippen LogP contribution in [0.1, 0.15) is 32.1 Å². The van der Waals surface area contributed by atoms with Gasteiger partial charge in [0.1, 0.15) is 0 Å². The molecule has 0 aromatic carbocycles. The summed E-state index contributed by atoms with van der Waals surface area (Å²) in [5.74, 6) is 1.15. The monoisotopic (exact) mass is 433 g/mol. The van der Waals surface area contributed by atoms with E-state index >= 15 is 0 Å². The van der Waals surface area contributed by atoms with Gasteiger partial charge in [0.05, 0.1) is 0 Å². The van der Waals surface area contributed by atoms with Gasteiger partial charge in [0.2, 0.25) is 0 Å². The molecule has 0 aliphatic heterocycles. The van der Waals surface area contributed by atoms with Gasteiger partial charge in [-0.2, -0.15) is 0 Å². The van der Waals surface area contributed by atoms with Crippen LogP contribution in [0.5, 0.6) is 0 Å². The molecule has 0 radical (unpaired) electrons. The van der Waals surface area contributed by atoms with Gasteiger partial charge in [-0.1, -0.05) is 0 Å². The molecule has 0 nitrogen and oxygen atoms in total. The summed E-state index contributed by atoms with van der Waals surface area (Å²) in [6.45, 7) is 0. The van der Waals surface area contributed by atoms with Crippen LogP contribution in [0.4, 0.5) is 0 Å². The van der Waals surface area contributed by atoms with E-state index in [1.165, 1.54) is 12.8 Å². The second kappa shape index (κ2) is 5.30. The summed E-state index contributed by atoms with van der Waals surface area (Å²) in [7, 11) is 0. The summed E-state index contributed by atoms with van der Waals surface area (Å²) in [6, 6.07) is 0. The van der Waals surface area contributed by atoms with Gasteiger partial charge >= 0.3 is 79.4 Å².